The molecule has 0 aliphatic carbocycles. The molecule has 0 aromatic heterocycles. The van der Waals surface area contributed by atoms with E-state index in [4.69, 9.17) is 4.74 Å². The van der Waals surface area contributed by atoms with Gasteiger partial charge in [-0.1, -0.05) is 43.7 Å². The number of unbranched alkanes of at least 4 members (excludes halogenated alkanes) is 2. The van der Waals surface area contributed by atoms with Crippen LogP contribution in [0, 0.1) is 11.8 Å². The van der Waals surface area contributed by atoms with Gasteiger partial charge in [-0.05, 0) is 18.4 Å². The Bertz CT molecular complexity index is 375. The number of aliphatic hydroxyl groups excluding tert-OH is 1. The fourth-order valence-electron chi connectivity index (χ4n) is 1.63. The maximum atomic E-state index is 9.72. The Morgan fingerprint density at radius 2 is 2.00 bits per heavy atom. The first-order valence-electron chi connectivity index (χ1n) is 7.08. The van der Waals surface area contributed by atoms with Gasteiger partial charge in [-0.2, -0.15) is 0 Å². The van der Waals surface area contributed by atoms with Crippen LogP contribution in [-0.2, 0) is 11.3 Å². The third kappa shape index (κ3) is 8.42. The standard InChI is InChI=1S/C17H24O2/c1-2-3-4-5-9-12-17(18)13-14-19-15-16-10-7-6-8-11-16/h6-8,10-11,17-18H,2-4,12-15H2,1H3. The summed E-state index contributed by atoms with van der Waals surface area (Å²) in [7, 11) is 0. The molecule has 0 radical (unpaired) electrons. The Balaban J connectivity index is 2.03. The summed E-state index contributed by atoms with van der Waals surface area (Å²) in [6, 6.07) is 10.1. The van der Waals surface area contributed by atoms with Gasteiger partial charge >= 0.3 is 0 Å². The SMILES string of the molecule is CCCCC#CCC(O)CCOCc1ccccc1. The molecule has 19 heavy (non-hydrogen) atoms. The summed E-state index contributed by atoms with van der Waals surface area (Å²) in [5.41, 5.74) is 1.16. The fourth-order valence-corrected chi connectivity index (χ4v) is 1.63. The van der Waals surface area contributed by atoms with E-state index in [9.17, 15) is 5.11 Å². The monoisotopic (exact) mass is 260 g/mol. The topological polar surface area (TPSA) is 29.5 Å². The van der Waals surface area contributed by atoms with Crippen LogP contribution in [-0.4, -0.2) is 17.8 Å². The van der Waals surface area contributed by atoms with Crippen molar-refractivity contribution in [1.82, 2.24) is 0 Å². The lowest BCUT2D eigenvalue weighted by Gasteiger charge is -2.07. The Morgan fingerprint density at radius 3 is 2.74 bits per heavy atom. The molecule has 1 aromatic carbocycles. The largest absolute Gasteiger partial charge is 0.392 e. The van der Waals surface area contributed by atoms with E-state index in [1.165, 1.54) is 6.42 Å². The molecule has 0 heterocycles. The van der Waals surface area contributed by atoms with Gasteiger partial charge in [0.1, 0.15) is 0 Å². The maximum absolute atomic E-state index is 9.72. The average molecular weight is 260 g/mol. The highest BCUT2D eigenvalue weighted by atomic mass is 16.5. The van der Waals surface area contributed by atoms with Crippen molar-refractivity contribution in [3.63, 3.8) is 0 Å². The first-order chi connectivity index (χ1) is 9.33. The zero-order chi connectivity index (χ0) is 13.8. The van der Waals surface area contributed by atoms with Gasteiger partial charge in [-0.3, -0.25) is 0 Å². The zero-order valence-corrected chi connectivity index (χ0v) is 11.8. The zero-order valence-electron chi connectivity index (χ0n) is 11.8. The highest BCUT2D eigenvalue weighted by Gasteiger charge is 2.01. The van der Waals surface area contributed by atoms with Gasteiger partial charge in [-0.15, -0.1) is 11.8 Å². The second-order valence-electron chi connectivity index (χ2n) is 4.64. The van der Waals surface area contributed by atoms with E-state index in [-0.39, 0.29) is 6.10 Å². The van der Waals surface area contributed by atoms with Crippen LogP contribution in [0.2, 0.25) is 0 Å². The normalized spacial score (nSPS) is 11.7. The molecule has 0 amide bonds. The summed E-state index contributed by atoms with van der Waals surface area (Å²) >= 11 is 0. The van der Waals surface area contributed by atoms with Crippen LogP contribution in [0.25, 0.3) is 0 Å². The molecule has 1 aromatic rings. The van der Waals surface area contributed by atoms with Gasteiger partial charge in [0.25, 0.3) is 0 Å². The summed E-state index contributed by atoms with van der Waals surface area (Å²) in [5, 5.41) is 9.72. The van der Waals surface area contributed by atoms with E-state index >= 15 is 0 Å². The van der Waals surface area contributed by atoms with Crippen LogP contribution in [0.4, 0.5) is 0 Å². The van der Waals surface area contributed by atoms with E-state index in [0.29, 0.717) is 26.1 Å². The first-order valence-corrected chi connectivity index (χ1v) is 7.08. The first kappa shape index (κ1) is 15.8. The van der Waals surface area contributed by atoms with Crippen molar-refractivity contribution in [2.24, 2.45) is 0 Å². The number of ether oxygens (including phenoxy) is 1. The highest BCUT2D eigenvalue weighted by Crippen LogP contribution is 2.03. The van der Waals surface area contributed by atoms with E-state index in [0.717, 1.165) is 18.4 Å². The molecule has 0 fully saturated rings. The van der Waals surface area contributed by atoms with Crippen LogP contribution >= 0.6 is 0 Å². The molecule has 1 N–H and O–H groups in total. The molecule has 0 saturated carbocycles. The number of hydrogen-bond acceptors (Lipinski definition) is 2. The summed E-state index contributed by atoms with van der Waals surface area (Å²) in [5.74, 6) is 6.11. The Labute approximate surface area is 116 Å². The summed E-state index contributed by atoms with van der Waals surface area (Å²) < 4.78 is 5.53. The lowest BCUT2D eigenvalue weighted by molar-refractivity contribution is 0.0753. The highest BCUT2D eigenvalue weighted by molar-refractivity contribution is 5.13. The van der Waals surface area contributed by atoms with Gasteiger partial charge in [-0.25, -0.2) is 0 Å². The van der Waals surface area contributed by atoms with E-state index in [1.54, 1.807) is 0 Å². The lowest BCUT2D eigenvalue weighted by atomic mass is 10.2. The summed E-state index contributed by atoms with van der Waals surface area (Å²) in [6.07, 6.45) is 4.08. The fraction of sp³-hybridized carbons (Fsp3) is 0.529. The molecule has 104 valence electrons. The molecular weight excluding hydrogens is 236 g/mol. The van der Waals surface area contributed by atoms with E-state index in [1.807, 2.05) is 30.3 Å². The summed E-state index contributed by atoms with van der Waals surface area (Å²) in [4.78, 5) is 0. The maximum Gasteiger partial charge on any atom is 0.0716 e. The van der Waals surface area contributed by atoms with Crippen molar-refractivity contribution in [2.75, 3.05) is 6.61 Å². The van der Waals surface area contributed by atoms with Gasteiger partial charge in [0.15, 0.2) is 0 Å². The molecular formula is C17H24O2. The minimum Gasteiger partial charge on any atom is -0.392 e. The van der Waals surface area contributed by atoms with Gasteiger partial charge in [0.2, 0.25) is 0 Å². The predicted octanol–water partition coefficient (Wildman–Crippen LogP) is 3.54. The van der Waals surface area contributed by atoms with Crippen LogP contribution in [0.1, 0.15) is 44.6 Å². The molecule has 0 spiro atoms. The third-order valence-corrected chi connectivity index (χ3v) is 2.82. The van der Waals surface area contributed by atoms with Gasteiger partial charge < -0.3 is 9.84 Å². The van der Waals surface area contributed by atoms with Gasteiger partial charge in [0, 0.05) is 19.4 Å². The molecule has 0 bridgehead atoms. The molecule has 2 heteroatoms. The lowest BCUT2D eigenvalue weighted by Crippen LogP contribution is -2.09. The Morgan fingerprint density at radius 1 is 1.21 bits per heavy atom. The third-order valence-electron chi connectivity index (χ3n) is 2.82. The number of benzene rings is 1. The van der Waals surface area contributed by atoms with Crippen molar-refractivity contribution in [3.8, 4) is 11.8 Å². The molecule has 0 aliphatic heterocycles. The minimum absolute atomic E-state index is 0.370. The predicted molar refractivity (Wildman–Crippen MR) is 78.6 cm³/mol. The molecule has 0 aliphatic rings. The van der Waals surface area contributed by atoms with Crippen LogP contribution in [0.15, 0.2) is 30.3 Å². The van der Waals surface area contributed by atoms with Crippen molar-refractivity contribution >= 4 is 0 Å². The summed E-state index contributed by atoms with van der Waals surface area (Å²) in [6.45, 7) is 3.34. The quantitative estimate of drug-likeness (QED) is 0.572. The van der Waals surface area contributed by atoms with Crippen molar-refractivity contribution in [2.45, 2.75) is 51.7 Å². The molecule has 0 saturated heterocycles. The van der Waals surface area contributed by atoms with Crippen molar-refractivity contribution in [1.29, 1.82) is 0 Å². The average Bonchev–Trinajstić information content (AvgIpc) is 2.44. The molecule has 1 unspecified atom stereocenters. The van der Waals surface area contributed by atoms with Crippen molar-refractivity contribution < 1.29 is 9.84 Å². The molecule has 2 nitrogen and oxygen atoms in total. The van der Waals surface area contributed by atoms with Crippen LogP contribution < -0.4 is 0 Å². The Kier molecular flexibility index (Phi) is 8.80. The smallest absolute Gasteiger partial charge is 0.0716 e. The number of hydrogen-bond donors (Lipinski definition) is 1. The Hall–Kier alpha value is -1.30. The molecule has 1 atom stereocenters. The van der Waals surface area contributed by atoms with Crippen molar-refractivity contribution in [3.05, 3.63) is 35.9 Å². The number of aliphatic hydroxyl groups is 1. The minimum atomic E-state index is -0.370. The number of rotatable bonds is 8. The van der Waals surface area contributed by atoms with E-state index in [2.05, 4.69) is 18.8 Å². The second-order valence-corrected chi connectivity index (χ2v) is 4.64. The second kappa shape index (κ2) is 10.6. The van der Waals surface area contributed by atoms with Gasteiger partial charge in [0.05, 0.1) is 12.7 Å². The molecule has 1 rings (SSSR count). The van der Waals surface area contributed by atoms with E-state index < -0.39 is 0 Å². The van der Waals surface area contributed by atoms with Crippen LogP contribution in [0.5, 0.6) is 0 Å². The van der Waals surface area contributed by atoms with Crippen LogP contribution in [0.3, 0.4) is 0 Å².